The van der Waals surface area contributed by atoms with Crippen molar-refractivity contribution >= 4 is 11.6 Å². The molecule has 7 heteroatoms. The molecule has 4 rings (SSSR count). The number of nitrogens with zero attached hydrogens (tertiary/aromatic N) is 5. The number of anilines is 2. The lowest BCUT2D eigenvalue weighted by Gasteiger charge is -2.34. The van der Waals surface area contributed by atoms with Gasteiger partial charge in [-0.3, -0.25) is 0 Å². The highest BCUT2D eigenvalue weighted by molar-refractivity contribution is 5.41. The fraction of sp³-hybridized carbons (Fsp3) is 0.556. The van der Waals surface area contributed by atoms with Crippen LogP contribution >= 0.6 is 0 Å². The minimum atomic E-state index is 0.406. The van der Waals surface area contributed by atoms with E-state index in [1.807, 2.05) is 18.3 Å². The minimum Gasteiger partial charge on any atom is -0.481 e. The molecule has 3 heterocycles. The Morgan fingerprint density at radius 3 is 2.68 bits per heavy atom. The lowest BCUT2D eigenvalue weighted by Crippen LogP contribution is -2.39. The fourth-order valence-corrected chi connectivity index (χ4v) is 3.40. The lowest BCUT2D eigenvalue weighted by atomic mass is 9.85. The summed E-state index contributed by atoms with van der Waals surface area (Å²) >= 11 is 0. The second-order valence-electron chi connectivity index (χ2n) is 6.75. The summed E-state index contributed by atoms with van der Waals surface area (Å²) in [7, 11) is 1.62. The van der Waals surface area contributed by atoms with Gasteiger partial charge in [0.25, 0.3) is 0 Å². The third-order valence-corrected chi connectivity index (χ3v) is 5.15. The molecule has 2 fully saturated rings. The minimum absolute atomic E-state index is 0.406. The molecule has 0 aromatic carbocycles. The summed E-state index contributed by atoms with van der Waals surface area (Å²) in [5.74, 6) is 4.07. The van der Waals surface area contributed by atoms with Gasteiger partial charge in [0.1, 0.15) is 23.8 Å². The molecule has 0 radical (unpaired) electrons. The van der Waals surface area contributed by atoms with Crippen LogP contribution in [-0.2, 0) is 0 Å². The Morgan fingerprint density at radius 1 is 1.12 bits per heavy atom. The van der Waals surface area contributed by atoms with E-state index in [4.69, 9.17) is 9.72 Å². The Morgan fingerprint density at radius 2 is 1.96 bits per heavy atom. The molecule has 0 atom stereocenters. The van der Waals surface area contributed by atoms with Crippen molar-refractivity contribution in [3.05, 3.63) is 30.5 Å². The Hall–Kier alpha value is -2.44. The predicted molar refractivity (Wildman–Crippen MR) is 96.1 cm³/mol. The molecule has 1 aliphatic heterocycles. The number of methoxy groups -OCH3 is 1. The van der Waals surface area contributed by atoms with Crippen molar-refractivity contribution in [2.45, 2.75) is 44.1 Å². The van der Waals surface area contributed by atoms with E-state index in [9.17, 15) is 0 Å². The molecule has 0 amide bonds. The zero-order valence-electron chi connectivity index (χ0n) is 14.6. The lowest BCUT2D eigenvalue weighted by molar-refractivity contribution is 0.397. The SMILES string of the molecule is COc1cc(NC2CCN(c3ccnc(C4CCC4)n3)CC2)ncn1. The van der Waals surface area contributed by atoms with Gasteiger partial charge in [0.15, 0.2) is 0 Å². The highest BCUT2D eigenvalue weighted by Gasteiger charge is 2.24. The van der Waals surface area contributed by atoms with E-state index in [0.29, 0.717) is 17.8 Å². The van der Waals surface area contributed by atoms with Crippen LogP contribution in [0.2, 0.25) is 0 Å². The van der Waals surface area contributed by atoms with Crippen LogP contribution in [0.1, 0.15) is 43.8 Å². The smallest absolute Gasteiger partial charge is 0.218 e. The van der Waals surface area contributed by atoms with Crippen molar-refractivity contribution < 1.29 is 4.74 Å². The van der Waals surface area contributed by atoms with E-state index in [2.05, 4.69) is 25.2 Å². The van der Waals surface area contributed by atoms with E-state index in [1.165, 1.54) is 25.6 Å². The van der Waals surface area contributed by atoms with Gasteiger partial charge >= 0.3 is 0 Å². The molecule has 1 saturated heterocycles. The summed E-state index contributed by atoms with van der Waals surface area (Å²) in [5.41, 5.74) is 0. The first-order valence-corrected chi connectivity index (χ1v) is 9.02. The first-order chi connectivity index (χ1) is 12.3. The Kier molecular flexibility index (Phi) is 4.63. The normalized spacial score (nSPS) is 18.7. The van der Waals surface area contributed by atoms with Crippen molar-refractivity contribution in [3.8, 4) is 5.88 Å². The summed E-state index contributed by atoms with van der Waals surface area (Å²) in [4.78, 5) is 19.9. The van der Waals surface area contributed by atoms with Crippen molar-refractivity contribution in [3.63, 3.8) is 0 Å². The summed E-state index contributed by atoms with van der Waals surface area (Å²) < 4.78 is 5.15. The van der Waals surface area contributed by atoms with Crippen LogP contribution < -0.4 is 15.0 Å². The number of hydrogen-bond acceptors (Lipinski definition) is 7. The van der Waals surface area contributed by atoms with Crippen LogP contribution in [-0.4, -0.2) is 46.2 Å². The molecule has 1 aliphatic carbocycles. The maximum Gasteiger partial charge on any atom is 0.218 e. The van der Waals surface area contributed by atoms with Crippen LogP contribution in [0.3, 0.4) is 0 Å². The predicted octanol–water partition coefficient (Wildman–Crippen LogP) is 2.62. The average molecular weight is 340 g/mol. The first kappa shape index (κ1) is 16.1. The molecule has 7 nitrogen and oxygen atoms in total. The van der Waals surface area contributed by atoms with E-state index < -0.39 is 0 Å². The van der Waals surface area contributed by atoms with Gasteiger partial charge in [-0.25, -0.2) is 19.9 Å². The highest BCUT2D eigenvalue weighted by atomic mass is 16.5. The number of nitrogens with one attached hydrogen (secondary N) is 1. The van der Waals surface area contributed by atoms with Crippen LogP contribution in [0.25, 0.3) is 0 Å². The third kappa shape index (κ3) is 3.65. The highest BCUT2D eigenvalue weighted by Crippen LogP contribution is 2.34. The molecule has 1 N–H and O–H groups in total. The molecule has 25 heavy (non-hydrogen) atoms. The van der Waals surface area contributed by atoms with Gasteiger partial charge < -0.3 is 15.0 Å². The number of aromatic nitrogens is 4. The monoisotopic (exact) mass is 340 g/mol. The summed E-state index contributed by atoms with van der Waals surface area (Å²) in [5, 5.41) is 3.48. The molecule has 2 aromatic rings. The van der Waals surface area contributed by atoms with Gasteiger partial charge in [-0.1, -0.05) is 6.42 Å². The maximum atomic E-state index is 5.15. The Bertz CT molecular complexity index is 712. The number of piperidine rings is 1. The molecule has 132 valence electrons. The van der Waals surface area contributed by atoms with Crippen molar-refractivity contribution in [2.24, 2.45) is 0 Å². The van der Waals surface area contributed by atoms with Gasteiger partial charge in [-0.05, 0) is 31.7 Å². The largest absolute Gasteiger partial charge is 0.481 e. The van der Waals surface area contributed by atoms with E-state index in [-0.39, 0.29) is 0 Å². The molecule has 2 aliphatic rings. The third-order valence-electron chi connectivity index (χ3n) is 5.15. The van der Waals surface area contributed by atoms with Gasteiger partial charge in [-0.15, -0.1) is 0 Å². The zero-order valence-corrected chi connectivity index (χ0v) is 14.6. The van der Waals surface area contributed by atoms with E-state index >= 15 is 0 Å². The van der Waals surface area contributed by atoms with Crippen molar-refractivity contribution in [2.75, 3.05) is 30.4 Å². The Balaban J connectivity index is 1.35. The fourth-order valence-electron chi connectivity index (χ4n) is 3.40. The second kappa shape index (κ2) is 7.21. The van der Waals surface area contributed by atoms with E-state index in [0.717, 1.165) is 43.4 Å². The molecular weight excluding hydrogens is 316 g/mol. The quantitative estimate of drug-likeness (QED) is 0.896. The summed E-state index contributed by atoms with van der Waals surface area (Å²) in [6, 6.07) is 4.27. The first-order valence-electron chi connectivity index (χ1n) is 9.02. The van der Waals surface area contributed by atoms with Gasteiger partial charge in [-0.2, -0.15) is 0 Å². The van der Waals surface area contributed by atoms with Crippen LogP contribution in [0.5, 0.6) is 5.88 Å². The molecule has 0 spiro atoms. The standard InChI is InChI=1S/C18H24N6O/c1-25-17-11-15(20-12-21-17)22-14-6-9-24(10-7-14)16-5-8-19-18(23-16)13-3-2-4-13/h5,8,11-14H,2-4,6-7,9-10H2,1H3,(H,20,21,22). The molecular formula is C18H24N6O. The average Bonchev–Trinajstić information content (AvgIpc) is 2.61. The topological polar surface area (TPSA) is 76.1 Å². The summed E-state index contributed by atoms with van der Waals surface area (Å²) in [6.45, 7) is 1.97. The van der Waals surface area contributed by atoms with E-state index in [1.54, 1.807) is 7.11 Å². The van der Waals surface area contributed by atoms with Gasteiger partial charge in [0.2, 0.25) is 5.88 Å². The zero-order chi connectivity index (χ0) is 17.1. The van der Waals surface area contributed by atoms with Crippen LogP contribution in [0.4, 0.5) is 11.6 Å². The molecule has 1 saturated carbocycles. The Labute approximate surface area is 147 Å². The van der Waals surface area contributed by atoms with Crippen molar-refractivity contribution in [1.82, 2.24) is 19.9 Å². The maximum absolute atomic E-state index is 5.15. The number of ether oxygens (including phenoxy) is 1. The van der Waals surface area contributed by atoms with Crippen LogP contribution in [0.15, 0.2) is 24.7 Å². The second-order valence-corrected chi connectivity index (χ2v) is 6.75. The molecule has 2 aromatic heterocycles. The van der Waals surface area contributed by atoms with Crippen molar-refractivity contribution in [1.29, 1.82) is 0 Å². The molecule has 0 unspecified atom stereocenters. The number of hydrogen-bond donors (Lipinski definition) is 1. The molecule has 0 bridgehead atoms. The summed E-state index contributed by atoms with van der Waals surface area (Å²) in [6.07, 6.45) is 9.32. The van der Waals surface area contributed by atoms with Gasteiger partial charge in [0.05, 0.1) is 7.11 Å². The van der Waals surface area contributed by atoms with Gasteiger partial charge in [0, 0.05) is 37.3 Å². The van der Waals surface area contributed by atoms with Crippen LogP contribution in [0, 0.1) is 0 Å². The number of rotatable bonds is 5.